The molecule has 1 aromatic heterocycles. The summed E-state index contributed by atoms with van der Waals surface area (Å²) in [4.78, 5) is 16.9. The van der Waals surface area contributed by atoms with Crippen LogP contribution in [-0.2, 0) is 0 Å². The minimum absolute atomic E-state index is 0.0202. The first-order valence-corrected chi connectivity index (χ1v) is 7.33. The number of alkyl halides is 4. The summed E-state index contributed by atoms with van der Waals surface area (Å²) in [7, 11) is 0. The maximum atomic E-state index is 14.0. The van der Waals surface area contributed by atoms with Crippen LogP contribution in [0.3, 0.4) is 0 Å². The first-order chi connectivity index (χ1) is 10.6. The minimum Gasteiger partial charge on any atom is -0.384 e. The molecule has 2 aliphatic rings. The van der Waals surface area contributed by atoms with Gasteiger partial charge < -0.3 is 10.0 Å². The third kappa shape index (κ3) is 2.57. The van der Waals surface area contributed by atoms with Crippen molar-refractivity contribution in [2.75, 3.05) is 6.54 Å². The highest BCUT2D eigenvalue weighted by Crippen LogP contribution is 2.54. The minimum atomic E-state index is -3.66. The summed E-state index contributed by atoms with van der Waals surface area (Å²) in [6.45, 7) is -1.13. The Hall–Kier alpha value is -1.41. The number of likely N-dealkylation sites (tertiary alicyclic amines) is 1. The number of carbonyl (C=O) groups excluding carboxylic acids is 1. The molecule has 4 nitrogen and oxygen atoms in total. The van der Waals surface area contributed by atoms with Crippen LogP contribution in [0.25, 0.3) is 0 Å². The van der Waals surface area contributed by atoms with Crippen molar-refractivity contribution in [3.8, 4) is 0 Å². The maximum absolute atomic E-state index is 14.0. The number of aliphatic hydroxyl groups is 1. The van der Waals surface area contributed by atoms with E-state index in [9.17, 15) is 27.5 Å². The van der Waals surface area contributed by atoms with Crippen molar-refractivity contribution in [1.82, 2.24) is 9.88 Å². The highest BCUT2D eigenvalue weighted by molar-refractivity contribution is 6.29. The maximum Gasteiger partial charge on any atom is 0.292 e. The van der Waals surface area contributed by atoms with Crippen molar-refractivity contribution >= 4 is 17.5 Å². The molecule has 0 unspecified atom stereocenters. The molecule has 2 fully saturated rings. The first kappa shape index (κ1) is 16.4. The molecule has 1 N–H and O–H groups in total. The Balaban J connectivity index is 2.01. The van der Waals surface area contributed by atoms with Crippen LogP contribution in [-0.4, -0.2) is 50.9 Å². The van der Waals surface area contributed by atoms with Gasteiger partial charge in [0.05, 0.1) is 12.1 Å². The second-order valence-corrected chi connectivity index (χ2v) is 6.42. The van der Waals surface area contributed by atoms with Gasteiger partial charge >= 0.3 is 0 Å². The molecule has 3 rings (SSSR count). The normalized spacial score (nSPS) is 31.7. The predicted octanol–water partition coefficient (Wildman–Crippen LogP) is 2.75. The molecule has 2 heterocycles. The van der Waals surface area contributed by atoms with Crippen molar-refractivity contribution in [2.45, 2.75) is 42.8 Å². The zero-order valence-corrected chi connectivity index (χ0v) is 12.5. The average Bonchev–Trinajstić information content (AvgIpc) is 2.88. The fourth-order valence-electron chi connectivity index (χ4n) is 3.42. The lowest BCUT2D eigenvalue weighted by Gasteiger charge is -2.36. The van der Waals surface area contributed by atoms with Gasteiger partial charge in [-0.05, 0) is 18.6 Å². The molecule has 0 radical (unpaired) electrons. The molecule has 2 atom stereocenters. The molecule has 1 spiro atoms. The summed E-state index contributed by atoms with van der Waals surface area (Å²) in [6.07, 6.45) is -4.40. The lowest BCUT2D eigenvalue weighted by atomic mass is 9.89. The SMILES string of the molecule is O=C(c1cccc(Cl)n1)N1CC(F)(F)[C@H](O)[C@]12CCC(F)(F)C2. The molecule has 1 saturated carbocycles. The van der Waals surface area contributed by atoms with E-state index in [0.29, 0.717) is 4.90 Å². The third-order valence-corrected chi connectivity index (χ3v) is 4.69. The molecule has 1 aromatic rings. The van der Waals surface area contributed by atoms with Gasteiger partial charge in [0.2, 0.25) is 0 Å². The molecule has 1 amide bonds. The Morgan fingerprint density at radius 1 is 1.30 bits per heavy atom. The smallest absolute Gasteiger partial charge is 0.292 e. The van der Waals surface area contributed by atoms with E-state index < -0.39 is 55.2 Å². The van der Waals surface area contributed by atoms with Crippen LogP contribution in [0.1, 0.15) is 29.8 Å². The molecule has 0 aromatic carbocycles. The van der Waals surface area contributed by atoms with Gasteiger partial charge in [0, 0.05) is 12.8 Å². The monoisotopic (exact) mass is 352 g/mol. The summed E-state index contributed by atoms with van der Waals surface area (Å²) < 4.78 is 55.2. The summed E-state index contributed by atoms with van der Waals surface area (Å²) in [5.74, 6) is -7.81. The van der Waals surface area contributed by atoms with Crippen LogP contribution in [0.4, 0.5) is 17.6 Å². The summed E-state index contributed by atoms with van der Waals surface area (Å²) >= 11 is 5.68. The molecule has 0 bridgehead atoms. The first-order valence-electron chi connectivity index (χ1n) is 6.96. The number of halogens is 5. The number of amides is 1. The lowest BCUT2D eigenvalue weighted by Crippen LogP contribution is -2.53. The molecule has 126 valence electrons. The highest BCUT2D eigenvalue weighted by Gasteiger charge is 2.69. The second-order valence-electron chi connectivity index (χ2n) is 6.04. The van der Waals surface area contributed by atoms with Crippen molar-refractivity contribution in [3.05, 3.63) is 29.0 Å². The summed E-state index contributed by atoms with van der Waals surface area (Å²) in [5, 5.41) is 9.92. The molecule has 1 saturated heterocycles. The number of rotatable bonds is 1. The molecular weight excluding hydrogens is 340 g/mol. The van der Waals surface area contributed by atoms with Gasteiger partial charge in [0.25, 0.3) is 17.8 Å². The van der Waals surface area contributed by atoms with E-state index in [-0.39, 0.29) is 10.8 Å². The Morgan fingerprint density at radius 2 is 2.00 bits per heavy atom. The number of aliphatic hydroxyl groups excluding tert-OH is 1. The molecular formula is C14H13ClF4N2O2. The van der Waals surface area contributed by atoms with Gasteiger partial charge in [-0.1, -0.05) is 17.7 Å². The number of aromatic nitrogens is 1. The topological polar surface area (TPSA) is 53.4 Å². The Labute approximate surface area is 134 Å². The van der Waals surface area contributed by atoms with Crippen LogP contribution in [0.5, 0.6) is 0 Å². The van der Waals surface area contributed by atoms with Gasteiger partial charge in [-0.15, -0.1) is 0 Å². The van der Waals surface area contributed by atoms with Crippen molar-refractivity contribution in [2.24, 2.45) is 0 Å². The molecule has 23 heavy (non-hydrogen) atoms. The van der Waals surface area contributed by atoms with Gasteiger partial charge in [-0.3, -0.25) is 4.79 Å². The second kappa shape index (κ2) is 5.04. The number of hydrogen-bond acceptors (Lipinski definition) is 3. The van der Waals surface area contributed by atoms with Crippen LogP contribution in [0.15, 0.2) is 18.2 Å². The Bertz CT molecular complexity index is 657. The zero-order chi connectivity index (χ0) is 17.0. The third-order valence-electron chi connectivity index (χ3n) is 4.48. The molecule has 1 aliphatic carbocycles. The fraction of sp³-hybridized carbons (Fsp3) is 0.571. The van der Waals surface area contributed by atoms with Gasteiger partial charge in [-0.2, -0.15) is 0 Å². The Kier molecular flexibility index (Phi) is 3.61. The van der Waals surface area contributed by atoms with Crippen LogP contribution >= 0.6 is 11.6 Å². The van der Waals surface area contributed by atoms with Crippen LogP contribution in [0, 0.1) is 0 Å². The quantitative estimate of drug-likeness (QED) is 0.624. The summed E-state index contributed by atoms with van der Waals surface area (Å²) in [6, 6.07) is 4.06. The average molecular weight is 353 g/mol. The van der Waals surface area contributed by atoms with E-state index in [1.165, 1.54) is 18.2 Å². The van der Waals surface area contributed by atoms with Crippen LogP contribution < -0.4 is 0 Å². The van der Waals surface area contributed by atoms with Crippen LogP contribution in [0.2, 0.25) is 5.15 Å². The zero-order valence-electron chi connectivity index (χ0n) is 11.8. The Morgan fingerprint density at radius 3 is 2.57 bits per heavy atom. The van der Waals surface area contributed by atoms with Gasteiger partial charge in [0.15, 0.2) is 0 Å². The van der Waals surface area contributed by atoms with E-state index in [4.69, 9.17) is 11.6 Å². The van der Waals surface area contributed by atoms with E-state index >= 15 is 0 Å². The largest absolute Gasteiger partial charge is 0.384 e. The number of hydrogen-bond donors (Lipinski definition) is 1. The van der Waals surface area contributed by atoms with E-state index in [1.54, 1.807) is 0 Å². The van der Waals surface area contributed by atoms with E-state index in [0.717, 1.165) is 0 Å². The van der Waals surface area contributed by atoms with Crippen molar-refractivity contribution in [1.29, 1.82) is 0 Å². The number of nitrogens with zero attached hydrogens (tertiary/aromatic N) is 2. The number of pyridine rings is 1. The highest BCUT2D eigenvalue weighted by atomic mass is 35.5. The van der Waals surface area contributed by atoms with E-state index in [1.807, 2.05) is 0 Å². The molecule has 9 heteroatoms. The van der Waals surface area contributed by atoms with E-state index in [2.05, 4.69) is 4.98 Å². The van der Waals surface area contributed by atoms with Crippen molar-refractivity contribution < 1.29 is 27.5 Å². The van der Waals surface area contributed by atoms with Gasteiger partial charge in [-0.25, -0.2) is 22.5 Å². The molecule has 1 aliphatic heterocycles. The van der Waals surface area contributed by atoms with Gasteiger partial charge in [0.1, 0.15) is 17.0 Å². The number of carbonyl (C=O) groups is 1. The fourth-order valence-corrected chi connectivity index (χ4v) is 3.59. The summed E-state index contributed by atoms with van der Waals surface area (Å²) in [5.41, 5.74) is -2.22. The predicted molar refractivity (Wildman–Crippen MR) is 72.8 cm³/mol. The van der Waals surface area contributed by atoms with Crippen molar-refractivity contribution in [3.63, 3.8) is 0 Å². The lowest BCUT2D eigenvalue weighted by molar-refractivity contribution is -0.102. The standard InChI is InChI=1S/C14H13ClF4N2O2/c15-9-3-1-2-8(20-9)10(22)21-7-14(18,19)11(23)12(21)4-5-13(16,17)6-12/h1-3,11,23H,4-7H2/t11-,12-/m1/s1.